The average Bonchev–Trinajstić information content (AvgIpc) is 3.12. The summed E-state index contributed by atoms with van der Waals surface area (Å²) in [4.78, 5) is 4.73. The summed E-state index contributed by atoms with van der Waals surface area (Å²) in [5, 5.41) is 10.3. The van der Waals surface area contributed by atoms with Crippen molar-refractivity contribution in [2.24, 2.45) is 28.7 Å². The van der Waals surface area contributed by atoms with Crippen molar-refractivity contribution in [1.29, 1.82) is 0 Å². The zero-order valence-corrected chi connectivity index (χ0v) is 10.3. The van der Waals surface area contributed by atoms with E-state index in [1.807, 2.05) is 0 Å². The number of aliphatic hydroxyl groups is 1. The van der Waals surface area contributed by atoms with E-state index in [1.165, 1.54) is 25.7 Å². The van der Waals surface area contributed by atoms with Gasteiger partial charge in [0.25, 0.3) is 0 Å². The molecule has 8 unspecified atom stereocenters. The summed E-state index contributed by atoms with van der Waals surface area (Å²) in [6.07, 6.45) is 7.75. The van der Waals surface area contributed by atoms with Gasteiger partial charge in [0.05, 0.1) is 18.2 Å². The van der Waals surface area contributed by atoms with Crippen LogP contribution < -0.4 is 0 Å². The molecule has 4 aliphatic rings. The Morgan fingerprint density at radius 3 is 2.88 bits per heavy atom. The Bertz CT molecular complexity index is 356. The Kier molecular flexibility index (Phi) is 2.19. The van der Waals surface area contributed by atoms with E-state index >= 15 is 0 Å². The Hall–Kier alpha value is -0.410. The molecular formula is C14H21NO2. The molecule has 3 heteroatoms. The summed E-state index contributed by atoms with van der Waals surface area (Å²) in [5.41, 5.74) is 0. The van der Waals surface area contributed by atoms with Gasteiger partial charge in [0.15, 0.2) is 0 Å². The molecule has 0 aromatic rings. The molecule has 2 saturated carbocycles. The first-order chi connectivity index (χ1) is 8.25. The number of hydrogen-bond acceptors (Lipinski definition) is 3. The van der Waals surface area contributed by atoms with Crippen molar-refractivity contribution in [2.45, 2.75) is 57.0 Å². The third-order valence-electron chi connectivity index (χ3n) is 5.59. The van der Waals surface area contributed by atoms with Gasteiger partial charge in [-0.05, 0) is 43.4 Å². The van der Waals surface area contributed by atoms with Crippen molar-refractivity contribution in [3.63, 3.8) is 0 Å². The van der Waals surface area contributed by atoms with Crippen molar-refractivity contribution < 1.29 is 9.84 Å². The minimum atomic E-state index is -0.170. The molecule has 94 valence electrons. The van der Waals surface area contributed by atoms with Crippen LogP contribution in [0.4, 0.5) is 0 Å². The third-order valence-corrected chi connectivity index (χ3v) is 5.59. The molecule has 0 radical (unpaired) electrons. The highest BCUT2D eigenvalue weighted by molar-refractivity contribution is 5.64. The van der Waals surface area contributed by atoms with Crippen LogP contribution in [0.25, 0.3) is 0 Å². The van der Waals surface area contributed by atoms with Crippen molar-refractivity contribution in [2.75, 3.05) is 0 Å². The SMILES string of the molecule is CC1CCC2C(C=NC3C2CCC2OC23)C1O. The molecule has 0 amide bonds. The number of ether oxygens (including phenoxy) is 1. The summed E-state index contributed by atoms with van der Waals surface area (Å²) in [5.74, 6) is 2.09. The van der Waals surface area contributed by atoms with Gasteiger partial charge in [0.2, 0.25) is 0 Å². The van der Waals surface area contributed by atoms with Gasteiger partial charge in [-0.15, -0.1) is 0 Å². The molecule has 1 saturated heterocycles. The van der Waals surface area contributed by atoms with Crippen LogP contribution in [0.15, 0.2) is 4.99 Å². The van der Waals surface area contributed by atoms with Crippen LogP contribution in [0.5, 0.6) is 0 Å². The average molecular weight is 235 g/mol. The lowest BCUT2D eigenvalue weighted by atomic mass is 9.62. The molecule has 2 aliphatic heterocycles. The molecule has 8 atom stereocenters. The number of nitrogens with zero attached hydrogens (tertiary/aromatic N) is 1. The molecular weight excluding hydrogens is 214 g/mol. The zero-order valence-electron chi connectivity index (χ0n) is 10.3. The number of hydrogen-bond donors (Lipinski definition) is 1. The lowest BCUT2D eigenvalue weighted by molar-refractivity contribution is -0.00715. The van der Waals surface area contributed by atoms with Crippen LogP contribution in [0.2, 0.25) is 0 Å². The van der Waals surface area contributed by atoms with Crippen LogP contribution in [0.3, 0.4) is 0 Å². The summed E-state index contributed by atoms with van der Waals surface area (Å²) in [6, 6.07) is 0.413. The zero-order chi connectivity index (χ0) is 11.6. The molecule has 0 aromatic heterocycles. The number of fused-ring (bicyclic) bond motifs is 5. The van der Waals surface area contributed by atoms with E-state index in [9.17, 15) is 5.11 Å². The maximum atomic E-state index is 10.3. The Balaban J connectivity index is 1.63. The molecule has 1 N–H and O–H groups in total. The smallest absolute Gasteiger partial charge is 0.107 e. The Morgan fingerprint density at radius 1 is 1.18 bits per heavy atom. The minimum Gasteiger partial charge on any atom is -0.392 e. The molecule has 0 spiro atoms. The molecule has 3 nitrogen and oxygen atoms in total. The maximum absolute atomic E-state index is 10.3. The number of rotatable bonds is 0. The fourth-order valence-electron chi connectivity index (χ4n) is 4.47. The maximum Gasteiger partial charge on any atom is 0.107 e. The third kappa shape index (κ3) is 1.45. The number of aliphatic hydroxyl groups excluding tert-OH is 1. The van der Waals surface area contributed by atoms with Gasteiger partial charge >= 0.3 is 0 Å². The molecule has 2 heterocycles. The van der Waals surface area contributed by atoms with Crippen molar-refractivity contribution in [3.8, 4) is 0 Å². The predicted octanol–water partition coefficient (Wildman–Crippen LogP) is 1.64. The first kappa shape index (κ1) is 10.5. The monoisotopic (exact) mass is 235 g/mol. The second kappa shape index (κ2) is 3.55. The van der Waals surface area contributed by atoms with Gasteiger partial charge in [-0.1, -0.05) is 6.92 Å². The van der Waals surface area contributed by atoms with Gasteiger partial charge in [-0.2, -0.15) is 0 Å². The molecule has 3 fully saturated rings. The lowest BCUT2D eigenvalue weighted by Crippen LogP contribution is -2.49. The second-order valence-electron chi connectivity index (χ2n) is 6.46. The van der Waals surface area contributed by atoms with E-state index in [1.54, 1.807) is 0 Å². The van der Waals surface area contributed by atoms with Gasteiger partial charge in [0.1, 0.15) is 6.10 Å². The Morgan fingerprint density at radius 2 is 2.00 bits per heavy atom. The van der Waals surface area contributed by atoms with Crippen molar-refractivity contribution in [1.82, 2.24) is 0 Å². The first-order valence-corrected chi connectivity index (χ1v) is 7.12. The van der Waals surface area contributed by atoms with Crippen LogP contribution in [-0.4, -0.2) is 35.7 Å². The van der Waals surface area contributed by atoms with E-state index < -0.39 is 0 Å². The highest BCUT2D eigenvalue weighted by atomic mass is 16.6. The van der Waals surface area contributed by atoms with E-state index in [0.29, 0.717) is 41.9 Å². The molecule has 2 aliphatic carbocycles. The van der Waals surface area contributed by atoms with Gasteiger partial charge in [-0.3, -0.25) is 4.99 Å². The highest BCUT2D eigenvalue weighted by Gasteiger charge is 2.56. The first-order valence-electron chi connectivity index (χ1n) is 7.12. The van der Waals surface area contributed by atoms with Crippen LogP contribution >= 0.6 is 0 Å². The van der Waals surface area contributed by atoms with Crippen molar-refractivity contribution >= 4 is 6.21 Å². The summed E-state index contributed by atoms with van der Waals surface area (Å²) < 4.78 is 5.70. The quantitative estimate of drug-likeness (QED) is 0.649. The van der Waals surface area contributed by atoms with E-state index in [0.717, 1.165) is 0 Å². The van der Waals surface area contributed by atoms with E-state index in [2.05, 4.69) is 13.1 Å². The second-order valence-corrected chi connectivity index (χ2v) is 6.46. The summed E-state index contributed by atoms with van der Waals surface area (Å²) in [7, 11) is 0. The van der Waals surface area contributed by atoms with Gasteiger partial charge in [-0.25, -0.2) is 0 Å². The predicted molar refractivity (Wildman–Crippen MR) is 65.0 cm³/mol. The summed E-state index contributed by atoms with van der Waals surface area (Å²) in [6.45, 7) is 2.17. The van der Waals surface area contributed by atoms with E-state index in [-0.39, 0.29) is 6.10 Å². The summed E-state index contributed by atoms with van der Waals surface area (Å²) >= 11 is 0. The number of aliphatic imine (C=N–C) groups is 1. The highest BCUT2D eigenvalue weighted by Crippen LogP contribution is 2.51. The minimum absolute atomic E-state index is 0.170. The number of epoxide rings is 1. The molecule has 0 bridgehead atoms. The van der Waals surface area contributed by atoms with Crippen LogP contribution in [0, 0.1) is 23.7 Å². The standard InChI is InChI=1S/C14H21NO2/c1-7-2-3-8-9-4-5-11-14(17-11)12(9)15-6-10(8)13(7)16/h6-14,16H,2-5H2,1H3. The van der Waals surface area contributed by atoms with E-state index in [4.69, 9.17) is 9.73 Å². The molecule has 4 rings (SSSR count). The largest absolute Gasteiger partial charge is 0.392 e. The fourth-order valence-corrected chi connectivity index (χ4v) is 4.47. The van der Waals surface area contributed by atoms with Gasteiger partial charge < -0.3 is 9.84 Å². The normalized spacial score (nSPS) is 60.1. The fraction of sp³-hybridized carbons (Fsp3) is 0.929. The molecule has 0 aromatic carbocycles. The van der Waals surface area contributed by atoms with Gasteiger partial charge in [0, 0.05) is 12.1 Å². The lowest BCUT2D eigenvalue weighted by Gasteiger charge is -2.46. The van der Waals surface area contributed by atoms with Crippen LogP contribution in [0.1, 0.15) is 32.6 Å². The Labute approximate surface area is 102 Å². The van der Waals surface area contributed by atoms with Crippen molar-refractivity contribution in [3.05, 3.63) is 0 Å². The van der Waals surface area contributed by atoms with Crippen LogP contribution in [-0.2, 0) is 4.74 Å². The molecule has 17 heavy (non-hydrogen) atoms. The topological polar surface area (TPSA) is 45.1 Å².